The third-order valence-corrected chi connectivity index (χ3v) is 7.84. The molecule has 246 valence electrons. The van der Waals surface area contributed by atoms with Gasteiger partial charge < -0.3 is 29.4 Å². The predicted octanol–water partition coefficient (Wildman–Crippen LogP) is 6.50. The maximum Gasteiger partial charge on any atom is 0.306 e. The lowest BCUT2D eigenvalue weighted by atomic mass is 9.83. The highest BCUT2D eigenvalue weighted by Gasteiger charge is 2.54. The second-order valence-corrected chi connectivity index (χ2v) is 12.7. The molecule has 0 spiro atoms. The summed E-state index contributed by atoms with van der Waals surface area (Å²) in [4.78, 5) is 32.3. The number of nitrogens with one attached hydrogen (secondary N) is 1. The topological polar surface area (TPSA) is 116 Å². The Hall–Kier alpha value is -3.79. The molecule has 9 nitrogen and oxygen atoms in total. The summed E-state index contributed by atoms with van der Waals surface area (Å²) >= 11 is 12.9. The van der Waals surface area contributed by atoms with E-state index < -0.39 is 29.1 Å². The zero-order chi connectivity index (χ0) is 33.3. The highest BCUT2D eigenvalue weighted by atomic mass is 35.5. The summed E-state index contributed by atoms with van der Waals surface area (Å²) in [5.41, 5.74) is -0.260. The average molecular weight is 672 g/mol. The van der Waals surface area contributed by atoms with E-state index in [-0.39, 0.29) is 31.9 Å². The zero-order valence-electron chi connectivity index (χ0n) is 26.5. The van der Waals surface area contributed by atoms with E-state index in [9.17, 15) is 9.59 Å². The number of amides is 1. The van der Waals surface area contributed by atoms with Crippen molar-refractivity contribution in [3.63, 3.8) is 0 Å². The average Bonchev–Trinajstić information content (AvgIpc) is 3.40. The first-order chi connectivity index (χ1) is 22.0. The summed E-state index contributed by atoms with van der Waals surface area (Å²) in [5.74, 6) is 0.638. The van der Waals surface area contributed by atoms with E-state index in [4.69, 9.17) is 52.2 Å². The first-order valence-corrected chi connectivity index (χ1v) is 15.9. The van der Waals surface area contributed by atoms with Crippen molar-refractivity contribution in [1.29, 1.82) is 0 Å². The quantitative estimate of drug-likeness (QED) is 0.149. The van der Waals surface area contributed by atoms with Gasteiger partial charge in [0.05, 0.1) is 13.7 Å². The third kappa shape index (κ3) is 8.93. The number of carbonyl (C=O) groups excluding carboxylic acids is 2. The van der Waals surface area contributed by atoms with Gasteiger partial charge in [-0.15, -0.1) is 0 Å². The molecule has 3 aromatic rings. The number of ether oxygens (including phenoxy) is 4. The molecule has 0 saturated carbocycles. The summed E-state index contributed by atoms with van der Waals surface area (Å²) in [5, 5.41) is 12.8. The molecule has 4 rings (SSSR count). The van der Waals surface area contributed by atoms with Gasteiger partial charge in [-0.25, -0.2) is 4.99 Å². The van der Waals surface area contributed by atoms with E-state index in [1.807, 2.05) is 24.3 Å². The summed E-state index contributed by atoms with van der Waals surface area (Å²) in [6, 6.07) is 19.6. The Morgan fingerprint density at radius 3 is 2.48 bits per heavy atom. The van der Waals surface area contributed by atoms with E-state index >= 15 is 0 Å². The number of aliphatic hydroxyl groups excluding tert-OH is 1. The van der Waals surface area contributed by atoms with Crippen LogP contribution >= 0.6 is 23.2 Å². The number of hydrogen-bond donors (Lipinski definition) is 2. The van der Waals surface area contributed by atoms with E-state index in [2.05, 4.69) is 5.32 Å². The monoisotopic (exact) mass is 670 g/mol. The van der Waals surface area contributed by atoms with Crippen LogP contribution in [0.25, 0.3) is 0 Å². The van der Waals surface area contributed by atoms with Crippen LogP contribution in [-0.4, -0.2) is 60.9 Å². The number of aliphatic hydroxyl groups is 1. The van der Waals surface area contributed by atoms with Gasteiger partial charge in [0.25, 0.3) is 5.91 Å². The maximum absolute atomic E-state index is 14.4. The molecular weight excluding hydrogens is 631 g/mol. The minimum Gasteiger partial charge on any atom is -0.496 e. The summed E-state index contributed by atoms with van der Waals surface area (Å²) in [7, 11) is 1.60. The van der Waals surface area contributed by atoms with Crippen molar-refractivity contribution in [3.8, 4) is 11.5 Å². The molecule has 1 aliphatic rings. The molecular formula is C35H40Cl2N2O7. The van der Waals surface area contributed by atoms with Crippen LogP contribution in [0.5, 0.6) is 11.5 Å². The van der Waals surface area contributed by atoms with Gasteiger partial charge >= 0.3 is 5.97 Å². The molecule has 1 aliphatic heterocycles. The fourth-order valence-corrected chi connectivity index (χ4v) is 5.63. The van der Waals surface area contributed by atoms with Gasteiger partial charge in [0, 0.05) is 47.2 Å². The van der Waals surface area contributed by atoms with Crippen LogP contribution in [-0.2, 0) is 25.5 Å². The standard InChI is InChI=1S/C35H40Cl2N2O7/c1-34(2,3)46-30(41)16-18-35(33(42)38-19-17-23-8-5-6-9-29(23)43-4)31(27-15-12-25(36)22-28(27)37)45-32(39-35)24-10-13-26(14-11-24)44-21-7-20-40/h5-6,8-15,22,31,40H,7,16-21H2,1-4H3,(H,38,42)/t31-,35-/m1/s1. The SMILES string of the molecule is COc1ccccc1CCNC(=O)[C@]1(CCC(=O)OC(C)(C)C)N=C(c2ccc(OCCCO)cc2)O[C@@H]1c1ccc(Cl)cc1Cl. The largest absolute Gasteiger partial charge is 0.496 e. The number of rotatable bonds is 14. The normalized spacial score (nSPS) is 17.5. The fraction of sp³-hybridized carbons (Fsp3) is 0.400. The van der Waals surface area contributed by atoms with Gasteiger partial charge in [-0.3, -0.25) is 9.59 Å². The highest BCUT2D eigenvalue weighted by molar-refractivity contribution is 6.35. The molecule has 11 heteroatoms. The van der Waals surface area contributed by atoms with Crippen LogP contribution in [0, 0.1) is 0 Å². The van der Waals surface area contributed by atoms with Gasteiger partial charge in [-0.05, 0) is 81.6 Å². The summed E-state index contributed by atoms with van der Waals surface area (Å²) < 4.78 is 23.2. The van der Waals surface area contributed by atoms with Gasteiger partial charge in [-0.1, -0.05) is 47.5 Å². The number of halogens is 2. The molecule has 0 aliphatic carbocycles. The smallest absolute Gasteiger partial charge is 0.306 e. The molecule has 2 N–H and O–H groups in total. The van der Waals surface area contributed by atoms with Crippen LogP contribution in [0.4, 0.5) is 0 Å². The van der Waals surface area contributed by atoms with Crippen molar-refractivity contribution in [2.75, 3.05) is 26.9 Å². The van der Waals surface area contributed by atoms with E-state index in [0.29, 0.717) is 46.4 Å². The third-order valence-electron chi connectivity index (χ3n) is 7.28. The minimum atomic E-state index is -1.58. The Labute approximate surface area is 279 Å². The van der Waals surface area contributed by atoms with Crippen LogP contribution in [0.3, 0.4) is 0 Å². The van der Waals surface area contributed by atoms with E-state index in [1.165, 1.54) is 0 Å². The maximum atomic E-state index is 14.4. The minimum absolute atomic E-state index is 0.0160. The van der Waals surface area contributed by atoms with Gasteiger partial charge in [0.15, 0.2) is 11.6 Å². The Morgan fingerprint density at radius 1 is 1.07 bits per heavy atom. The number of hydrogen-bond acceptors (Lipinski definition) is 8. The first kappa shape index (κ1) is 35.1. The second kappa shape index (κ2) is 15.7. The van der Waals surface area contributed by atoms with Crippen LogP contribution < -0.4 is 14.8 Å². The Balaban J connectivity index is 1.72. The molecule has 0 bridgehead atoms. The molecule has 0 radical (unpaired) electrons. The van der Waals surface area contributed by atoms with Crippen molar-refractivity contribution < 1.29 is 33.6 Å². The van der Waals surface area contributed by atoms with Gasteiger partial charge in [0.1, 0.15) is 17.1 Å². The van der Waals surface area contributed by atoms with Gasteiger partial charge in [-0.2, -0.15) is 0 Å². The molecule has 0 aromatic heterocycles. The number of para-hydroxylation sites is 1. The lowest BCUT2D eigenvalue weighted by Crippen LogP contribution is -2.49. The van der Waals surface area contributed by atoms with Crippen LogP contribution in [0.15, 0.2) is 71.7 Å². The van der Waals surface area contributed by atoms with Crippen molar-refractivity contribution >= 4 is 41.0 Å². The fourth-order valence-electron chi connectivity index (χ4n) is 5.12. The Morgan fingerprint density at radius 2 is 1.80 bits per heavy atom. The van der Waals surface area contributed by atoms with E-state index in [1.54, 1.807) is 70.3 Å². The highest BCUT2D eigenvalue weighted by Crippen LogP contribution is 2.46. The molecule has 2 atom stereocenters. The molecule has 0 fully saturated rings. The van der Waals surface area contributed by atoms with Crippen molar-refractivity contribution in [1.82, 2.24) is 5.32 Å². The number of esters is 1. The van der Waals surface area contributed by atoms with Gasteiger partial charge in [0.2, 0.25) is 5.90 Å². The van der Waals surface area contributed by atoms with E-state index in [0.717, 1.165) is 11.3 Å². The number of methoxy groups -OCH3 is 1. The van der Waals surface area contributed by atoms with Crippen LogP contribution in [0.1, 0.15) is 62.8 Å². The predicted molar refractivity (Wildman–Crippen MR) is 178 cm³/mol. The van der Waals surface area contributed by atoms with Crippen molar-refractivity contribution in [3.05, 3.63) is 93.5 Å². The van der Waals surface area contributed by atoms with Crippen LogP contribution in [0.2, 0.25) is 10.0 Å². The molecule has 3 aromatic carbocycles. The number of nitrogens with zero attached hydrogens (tertiary/aromatic N) is 1. The number of carbonyl (C=O) groups is 2. The summed E-state index contributed by atoms with van der Waals surface area (Å²) in [6.07, 6.45) is -0.0945. The zero-order valence-corrected chi connectivity index (χ0v) is 28.0. The Bertz CT molecular complexity index is 1540. The summed E-state index contributed by atoms with van der Waals surface area (Å²) in [6.45, 7) is 6.03. The number of benzene rings is 3. The lowest BCUT2D eigenvalue weighted by molar-refractivity contribution is -0.155. The number of aliphatic imine (C=N–C) groups is 1. The molecule has 0 saturated heterocycles. The second-order valence-electron chi connectivity index (χ2n) is 11.9. The molecule has 46 heavy (non-hydrogen) atoms. The van der Waals surface area contributed by atoms with Crippen molar-refractivity contribution in [2.45, 2.75) is 63.7 Å². The van der Waals surface area contributed by atoms with Crippen molar-refractivity contribution in [2.24, 2.45) is 4.99 Å². The molecule has 1 heterocycles. The first-order valence-electron chi connectivity index (χ1n) is 15.1. The Kier molecular flexibility index (Phi) is 11.9. The lowest BCUT2D eigenvalue weighted by Gasteiger charge is -2.31. The molecule has 0 unspecified atom stereocenters. The molecule has 1 amide bonds.